The maximum absolute atomic E-state index is 12.5. The van der Waals surface area contributed by atoms with Gasteiger partial charge in [0.1, 0.15) is 11.4 Å². The Kier molecular flexibility index (Phi) is 10.4. The van der Waals surface area contributed by atoms with Gasteiger partial charge in [0.2, 0.25) is 12.7 Å². The number of carbonyl (C=O) groups is 4. The molecule has 2 aliphatic heterocycles. The van der Waals surface area contributed by atoms with Gasteiger partial charge in [-0.15, -0.1) is 0 Å². The summed E-state index contributed by atoms with van der Waals surface area (Å²) in [6, 6.07) is -1.26. The Labute approximate surface area is 204 Å². The third-order valence-electron chi connectivity index (χ3n) is 5.63. The summed E-state index contributed by atoms with van der Waals surface area (Å²) in [5.74, 6) is -2.93. The van der Waals surface area contributed by atoms with Crippen LogP contribution in [0.15, 0.2) is 0 Å². The fourth-order valence-electron chi connectivity index (χ4n) is 3.76. The van der Waals surface area contributed by atoms with E-state index < -0.39 is 56.6 Å². The first-order valence-corrected chi connectivity index (χ1v) is 11.6. The summed E-state index contributed by atoms with van der Waals surface area (Å²) in [4.78, 5) is 47.2. The molecule has 0 aromatic rings. The van der Waals surface area contributed by atoms with E-state index >= 15 is 0 Å². The van der Waals surface area contributed by atoms with Gasteiger partial charge in [0, 0.05) is 12.4 Å². The van der Waals surface area contributed by atoms with Gasteiger partial charge >= 0.3 is 41.5 Å². The molecule has 10 nitrogen and oxygen atoms in total. The molecule has 0 bridgehead atoms. The maximum atomic E-state index is 12.5. The largest absolute Gasteiger partial charge is 1.00 e. The number of fused-ring (bicyclic) bond motifs is 1. The topological polar surface area (TPSA) is 147 Å². The molecule has 0 aliphatic carbocycles. The number of rotatable bonds is 12. The molecule has 2 saturated heterocycles. The summed E-state index contributed by atoms with van der Waals surface area (Å²) in [6.07, 6.45) is 4.55. The third kappa shape index (κ3) is 6.43. The van der Waals surface area contributed by atoms with Crippen LogP contribution in [-0.2, 0) is 38.5 Å². The van der Waals surface area contributed by atoms with Crippen molar-refractivity contribution < 1.29 is 71.7 Å². The van der Waals surface area contributed by atoms with E-state index in [2.05, 4.69) is 0 Å². The Bertz CT molecular complexity index is 796. The summed E-state index contributed by atoms with van der Waals surface area (Å²) in [5.41, 5.74) is 0. The molecule has 2 aliphatic rings. The second-order valence-corrected chi connectivity index (χ2v) is 10.8. The zero-order chi connectivity index (χ0) is 22.5. The number of nitrogens with zero attached hydrogens (tertiary/aromatic N) is 1. The monoisotopic (exact) mass is 469 g/mol. The molecule has 0 radical (unpaired) electrons. The second kappa shape index (κ2) is 11.6. The Balaban J connectivity index is 0.00000480. The van der Waals surface area contributed by atoms with Crippen molar-refractivity contribution in [2.75, 3.05) is 6.79 Å². The van der Waals surface area contributed by atoms with Gasteiger partial charge in [0.15, 0.2) is 9.84 Å². The molecule has 12 heteroatoms. The van der Waals surface area contributed by atoms with E-state index in [0.717, 1.165) is 30.6 Å². The number of ether oxygens (including phenoxy) is 2. The summed E-state index contributed by atoms with van der Waals surface area (Å²) in [5, 5.41) is 9.28. The maximum Gasteiger partial charge on any atom is 1.00 e. The van der Waals surface area contributed by atoms with Crippen molar-refractivity contribution in [1.82, 2.24) is 4.90 Å². The van der Waals surface area contributed by atoms with Crippen molar-refractivity contribution >= 4 is 33.7 Å². The predicted octanol–water partition coefficient (Wildman–Crippen LogP) is -2.96. The van der Waals surface area contributed by atoms with Crippen LogP contribution in [0.2, 0.25) is 0 Å². The molecule has 2 rings (SSSR count). The number of carboxylic acid groups (broad SMARTS) is 1. The molecule has 0 saturated carbocycles. The molecule has 0 aromatic carbocycles. The van der Waals surface area contributed by atoms with Crippen molar-refractivity contribution in [3.63, 3.8) is 0 Å². The van der Waals surface area contributed by atoms with E-state index in [1.54, 1.807) is 0 Å². The second-order valence-electron chi connectivity index (χ2n) is 8.10. The molecular weight excluding hydrogens is 441 g/mol. The Morgan fingerprint density at radius 2 is 1.58 bits per heavy atom. The average molecular weight is 469 g/mol. The average Bonchev–Trinajstić information content (AvgIpc) is 2.77. The molecule has 2 fully saturated rings. The standard InChI is InChI=1S/C19H29NO9S.Na/c1-19(2)17(20-13(21)11-14(20)30(19,26)27)18(25)29-12-28-16(24)10-8-6-4-3-5-7-9-15(22)23;/h14,17H,3-12H2,1-2H3,(H,22,23);/q;+1/p-1/t14-,17+;/m1./s1. The van der Waals surface area contributed by atoms with Crippen LogP contribution in [-0.4, -0.2) is 60.1 Å². The normalized spacial score (nSPS) is 22.6. The molecule has 0 unspecified atom stereocenters. The number of unbranched alkanes of at least 4 members (excludes halogenated alkanes) is 5. The summed E-state index contributed by atoms with van der Waals surface area (Å²) in [7, 11) is -3.70. The van der Waals surface area contributed by atoms with Gasteiger partial charge in [-0.1, -0.05) is 25.7 Å². The molecular formula is C19H28NNaO9S. The van der Waals surface area contributed by atoms with Crippen LogP contribution in [0.1, 0.15) is 71.6 Å². The molecule has 170 valence electrons. The zero-order valence-corrected chi connectivity index (χ0v) is 21.1. The van der Waals surface area contributed by atoms with Crippen molar-refractivity contribution in [1.29, 1.82) is 0 Å². The number of carbonyl (C=O) groups excluding carboxylic acids is 4. The summed E-state index contributed by atoms with van der Waals surface area (Å²) < 4.78 is 33.2. The van der Waals surface area contributed by atoms with Crippen LogP contribution in [0.4, 0.5) is 0 Å². The van der Waals surface area contributed by atoms with Crippen molar-refractivity contribution in [2.45, 2.75) is 87.8 Å². The number of esters is 2. The van der Waals surface area contributed by atoms with Gasteiger partial charge in [0.05, 0.1) is 11.2 Å². The van der Waals surface area contributed by atoms with Gasteiger partial charge in [-0.25, -0.2) is 13.2 Å². The van der Waals surface area contributed by atoms with Crippen LogP contribution < -0.4 is 34.7 Å². The Morgan fingerprint density at radius 1 is 1.03 bits per heavy atom. The van der Waals surface area contributed by atoms with E-state index in [9.17, 15) is 32.7 Å². The minimum atomic E-state index is -3.70. The summed E-state index contributed by atoms with van der Waals surface area (Å²) >= 11 is 0. The van der Waals surface area contributed by atoms with Gasteiger partial charge in [0.25, 0.3) is 0 Å². The molecule has 0 spiro atoms. The number of β-lactam (4-membered cyclic amide) rings is 1. The van der Waals surface area contributed by atoms with E-state index in [-0.39, 0.29) is 48.8 Å². The van der Waals surface area contributed by atoms with Crippen molar-refractivity contribution in [3.8, 4) is 0 Å². The SMILES string of the molecule is CC1(C)[C@H](C(=O)OCOC(=O)CCCCCCCCC(=O)[O-])N2C(=O)C[C@H]2S1(=O)=O.[Na+]. The minimum Gasteiger partial charge on any atom is -0.550 e. The molecule has 0 N–H and O–H groups in total. The number of amides is 1. The molecule has 2 atom stereocenters. The molecule has 1 amide bonds. The number of hydrogen-bond donors (Lipinski definition) is 0. The third-order valence-corrected chi connectivity index (χ3v) is 8.43. The first-order valence-electron chi connectivity index (χ1n) is 10.1. The van der Waals surface area contributed by atoms with E-state index in [1.165, 1.54) is 13.8 Å². The smallest absolute Gasteiger partial charge is 0.550 e. The zero-order valence-electron chi connectivity index (χ0n) is 18.3. The van der Waals surface area contributed by atoms with Crippen LogP contribution >= 0.6 is 0 Å². The fourth-order valence-corrected chi connectivity index (χ4v) is 5.88. The first-order chi connectivity index (χ1) is 14.0. The van der Waals surface area contributed by atoms with Crippen LogP contribution in [0.3, 0.4) is 0 Å². The Hall–Kier alpha value is -1.17. The van der Waals surface area contributed by atoms with Gasteiger partial charge < -0.3 is 24.3 Å². The minimum absolute atomic E-state index is 0. The quantitative estimate of drug-likeness (QED) is 0.0961. The first kappa shape index (κ1) is 27.9. The van der Waals surface area contributed by atoms with Crippen molar-refractivity contribution in [3.05, 3.63) is 0 Å². The van der Waals surface area contributed by atoms with Gasteiger partial charge in [-0.2, -0.15) is 0 Å². The van der Waals surface area contributed by atoms with Gasteiger partial charge in [-0.3, -0.25) is 9.59 Å². The van der Waals surface area contributed by atoms with E-state index in [4.69, 9.17) is 9.47 Å². The summed E-state index contributed by atoms with van der Waals surface area (Å²) in [6.45, 7) is 2.12. The number of carboxylic acids is 1. The molecule has 31 heavy (non-hydrogen) atoms. The number of sulfone groups is 1. The van der Waals surface area contributed by atoms with Crippen LogP contribution in [0.5, 0.6) is 0 Å². The van der Waals surface area contributed by atoms with Crippen LogP contribution in [0.25, 0.3) is 0 Å². The molecule has 0 aromatic heterocycles. The predicted molar refractivity (Wildman–Crippen MR) is 101 cm³/mol. The van der Waals surface area contributed by atoms with E-state index in [0.29, 0.717) is 12.8 Å². The van der Waals surface area contributed by atoms with Gasteiger partial charge in [-0.05, 0) is 33.1 Å². The Morgan fingerprint density at radius 3 is 2.13 bits per heavy atom. The van der Waals surface area contributed by atoms with Crippen molar-refractivity contribution in [2.24, 2.45) is 0 Å². The number of aliphatic carboxylic acids is 1. The van der Waals surface area contributed by atoms with Crippen LogP contribution in [0, 0.1) is 0 Å². The fraction of sp³-hybridized carbons (Fsp3) is 0.789. The molecule has 2 heterocycles. The number of hydrogen-bond acceptors (Lipinski definition) is 9. The van der Waals surface area contributed by atoms with E-state index in [1.807, 2.05) is 0 Å².